The maximum absolute atomic E-state index is 7.33. The van der Waals surface area contributed by atoms with Crippen molar-refractivity contribution in [2.24, 2.45) is 0 Å². The van der Waals surface area contributed by atoms with Gasteiger partial charge in [-0.2, -0.15) is 0 Å². The van der Waals surface area contributed by atoms with Crippen molar-refractivity contribution in [1.29, 1.82) is 0 Å². The molecule has 0 aromatic carbocycles. The van der Waals surface area contributed by atoms with E-state index in [0.29, 0.717) is 0 Å². The van der Waals surface area contributed by atoms with Crippen LogP contribution in [-0.4, -0.2) is 94.5 Å². The predicted molar refractivity (Wildman–Crippen MR) is 35.3 cm³/mol. The van der Waals surface area contributed by atoms with Crippen molar-refractivity contribution in [2.75, 3.05) is 0 Å². The van der Waals surface area contributed by atoms with Crippen LogP contribution in [0.25, 0.3) is 0 Å². The zero-order chi connectivity index (χ0) is 4.50. The quantitative estimate of drug-likeness (QED) is 0.316. The minimum Gasteiger partial charge on any atom is 0 e. The van der Waals surface area contributed by atoms with E-state index in [1.165, 1.54) is 0 Å². The molecule has 0 aliphatic rings. The maximum Gasteiger partial charge on any atom is 0.316 e. The van der Waals surface area contributed by atoms with Crippen LogP contribution in [0.5, 0.6) is 0 Å². The predicted octanol–water partition coefficient (Wildman–Crippen LogP) is -5.27. The first-order chi connectivity index (χ1) is 2.00. The standard InChI is InChI=1S/Ca.Fe.Mg.H4O4Si.H2O.4H/c;;;1-5(2,3)4;;;;;/h;;;1-4H;1H2;;;;. The Balaban J connectivity index is -0.0000000133. The zero-order valence-electron chi connectivity index (χ0n) is 3.14. The second kappa shape index (κ2) is 13.2. The smallest absolute Gasteiger partial charge is 0 e. The van der Waals surface area contributed by atoms with Gasteiger partial charge in [0.05, 0.1) is 0 Å². The van der Waals surface area contributed by atoms with Gasteiger partial charge in [0.25, 0.3) is 0 Å². The first-order valence-corrected chi connectivity index (χ1v) is 2.68. The largest absolute Gasteiger partial charge is 0.316 e. The minimum absolute atomic E-state index is 0. The van der Waals surface area contributed by atoms with Crippen molar-refractivity contribution in [2.45, 2.75) is 0 Å². The Hall–Kier alpha value is 2.56. The molecule has 0 fully saturated rings. The Bertz CT molecular complexity index is 32.4. The van der Waals surface area contributed by atoms with Crippen molar-refractivity contribution >= 4 is 69.8 Å². The van der Waals surface area contributed by atoms with Crippen LogP contribution in [0.15, 0.2) is 0 Å². The Morgan fingerprint density at radius 2 is 0.889 bits per heavy atom. The molecule has 9 heavy (non-hydrogen) atoms. The molecule has 0 spiro atoms. The molecule has 6 N–H and O–H groups in total. The Morgan fingerprint density at radius 1 is 0.889 bits per heavy atom. The Morgan fingerprint density at radius 3 is 0.889 bits per heavy atom. The molecule has 0 amide bonds. The molecule has 0 aromatic rings. The summed E-state index contributed by atoms with van der Waals surface area (Å²) in [5.41, 5.74) is 0. The SMILES string of the molecule is O.O[Si](O)(O)O.[CaH2].[Fe].[MgH2]. The van der Waals surface area contributed by atoms with Crippen molar-refractivity contribution in [3.8, 4) is 0 Å². The van der Waals surface area contributed by atoms with Crippen LogP contribution in [0.1, 0.15) is 0 Å². The van der Waals surface area contributed by atoms with E-state index < -0.39 is 9.05 Å². The molecule has 5 nitrogen and oxygen atoms in total. The first-order valence-electron chi connectivity index (χ1n) is 0.894. The van der Waals surface area contributed by atoms with Crippen LogP contribution in [0.2, 0.25) is 0 Å². The molecule has 0 radical (unpaired) electrons. The molecule has 0 unspecified atom stereocenters. The number of hydrogen-bond donors (Lipinski definition) is 4. The van der Waals surface area contributed by atoms with Gasteiger partial charge in [-0.25, -0.2) is 0 Å². The summed E-state index contributed by atoms with van der Waals surface area (Å²) in [6.07, 6.45) is 0. The molecule has 9 heteroatoms. The third-order valence-corrected chi connectivity index (χ3v) is 0. The fourth-order valence-electron chi connectivity index (χ4n) is 0. The van der Waals surface area contributed by atoms with E-state index in [1.54, 1.807) is 0 Å². The first kappa shape index (κ1) is 30.0. The number of rotatable bonds is 0. The second-order valence-corrected chi connectivity index (χ2v) is 1.80. The Kier molecular flexibility index (Phi) is 43.8. The molecule has 0 saturated carbocycles. The van der Waals surface area contributed by atoms with Crippen molar-refractivity contribution in [3.05, 3.63) is 0 Å². The number of hydrogen-bond acceptors (Lipinski definition) is 4. The van der Waals surface area contributed by atoms with Crippen LogP contribution in [0.3, 0.4) is 0 Å². The summed E-state index contributed by atoms with van der Waals surface area (Å²) in [6.45, 7) is 0. The zero-order valence-corrected chi connectivity index (χ0v) is 5.25. The van der Waals surface area contributed by atoms with E-state index >= 15 is 0 Å². The topological polar surface area (TPSA) is 112 Å². The van der Waals surface area contributed by atoms with Gasteiger partial charge in [0.2, 0.25) is 0 Å². The molecule has 56 valence electrons. The second-order valence-electron chi connectivity index (χ2n) is 0.600. The maximum atomic E-state index is 7.33. The van der Waals surface area contributed by atoms with E-state index in [-0.39, 0.29) is 83.3 Å². The van der Waals surface area contributed by atoms with Crippen molar-refractivity contribution in [3.63, 3.8) is 0 Å². The van der Waals surface area contributed by atoms with E-state index in [9.17, 15) is 0 Å². The summed E-state index contributed by atoms with van der Waals surface area (Å²) in [7, 11) is -4.61. The molecule has 0 bridgehead atoms. The molecule has 0 aliphatic heterocycles. The summed E-state index contributed by atoms with van der Waals surface area (Å²) in [5.74, 6) is 0. The van der Waals surface area contributed by atoms with Crippen LogP contribution < -0.4 is 0 Å². The molecule has 0 aromatic heterocycles. The van der Waals surface area contributed by atoms with Gasteiger partial charge in [-0.05, 0) is 0 Å². The fourth-order valence-corrected chi connectivity index (χ4v) is 0. The van der Waals surface area contributed by atoms with Gasteiger partial charge in [-0.15, -0.1) is 0 Å². The summed E-state index contributed by atoms with van der Waals surface area (Å²) in [5, 5.41) is 0. The summed E-state index contributed by atoms with van der Waals surface area (Å²) in [6, 6.07) is 0. The molecule has 0 aliphatic carbocycles. The molecular weight excluding hydrogens is 228 g/mol. The average molecular weight is 238 g/mol. The summed E-state index contributed by atoms with van der Waals surface area (Å²) < 4.78 is 0. The van der Waals surface area contributed by atoms with E-state index in [4.69, 9.17) is 19.2 Å². The van der Waals surface area contributed by atoms with E-state index in [2.05, 4.69) is 0 Å². The van der Waals surface area contributed by atoms with Gasteiger partial charge < -0.3 is 24.7 Å². The molecule has 0 rings (SSSR count). The molecular formula is H10CaFeMgO5Si. The van der Waals surface area contributed by atoms with Crippen LogP contribution in [0, 0.1) is 0 Å². The summed E-state index contributed by atoms with van der Waals surface area (Å²) >= 11 is 0. The van der Waals surface area contributed by atoms with Crippen LogP contribution in [-0.2, 0) is 17.1 Å². The van der Waals surface area contributed by atoms with Crippen LogP contribution >= 0.6 is 0 Å². The van der Waals surface area contributed by atoms with Crippen molar-refractivity contribution in [1.82, 2.24) is 0 Å². The molecule has 0 atom stereocenters. The van der Waals surface area contributed by atoms with E-state index in [1.807, 2.05) is 0 Å². The molecule has 0 heterocycles. The van der Waals surface area contributed by atoms with Crippen LogP contribution in [0.4, 0.5) is 0 Å². The van der Waals surface area contributed by atoms with Gasteiger partial charge in [0.15, 0.2) is 0 Å². The van der Waals surface area contributed by atoms with Gasteiger partial charge in [0, 0.05) is 17.1 Å². The van der Waals surface area contributed by atoms with Gasteiger partial charge in [-0.3, -0.25) is 0 Å². The summed E-state index contributed by atoms with van der Waals surface area (Å²) in [4.78, 5) is 29.3. The minimum atomic E-state index is -4.61. The normalized spacial score (nSPS) is 6.67. The third kappa shape index (κ3) is 118. The fraction of sp³-hybridized carbons (Fsp3) is 0. The Labute approximate surface area is 110 Å². The third-order valence-electron chi connectivity index (χ3n) is 0. The monoisotopic (exact) mass is 238 g/mol. The van der Waals surface area contributed by atoms with Gasteiger partial charge in [-0.1, -0.05) is 0 Å². The molecule has 0 saturated heterocycles. The van der Waals surface area contributed by atoms with Gasteiger partial charge >= 0.3 is 69.8 Å². The van der Waals surface area contributed by atoms with E-state index in [0.717, 1.165) is 0 Å². The average Bonchev–Trinajstić information content (AvgIpc) is 0.722. The van der Waals surface area contributed by atoms with Gasteiger partial charge in [0.1, 0.15) is 0 Å². The van der Waals surface area contributed by atoms with Crippen molar-refractivity contribution < 1.29 is 41.7 Å².